The van der Waals surface area contributed by atoms with Crippen molar-refractivity contribution in [2.24, 2.45) is 0 Å². The van der Waals surface area contributed by atoms with Gasteiger partial charge in [0, 0.05) is 17.1 Å². The number of nitrogens with zero attached hydrogens (tertiary/aromatic N) is 1. The minimum atomic E-state index is 0.174. The summed E-state index contributed by atoms with van der Waals surface area (Å²) in [4.78, 5) is 15.1. The Balaban J connectivity index is 2.59. The molecule has 0 N–H and O–H groups in total. The highest BCUT2D eigenvalue weighted by atomic mass is 79.9. The molecule has 1 heterocycles. The van der Waals surface area contributed by atoms with Crippen LogP contribution in [-0.2, 0) is 6.42 Å². The van der Waals surface area contributed by atoms with E-state index in [0.29, 0.717) is 12.1 Å². The standard InChI is InChI=1S/C8H6BrNO/c9-6-3-5-1-2-7(11)8(5)10-4-6/h3-4H,1-2H2. The Kier molecular flexibility index (Phi) is 1.53. The van der Waals surface area contributed by atoms with Crippen LogP contribution < -0.4 is 0 Å². The molecule has 56 valence electrons. The SMILES string of the molecule is O=C1CCc2cc(Br)cnc21. The highest BCUT2D eigenvalue weighted by molar-refractivity contribution is 9.10. The summed E-state index contributed by atoms with van der Waals surface area (Å²) in [5, 5.41) is 0. The lowest BCUT2D eigenvalue weighted by Crippen LogP contribution is -1.94. The number of aryl methyl sites for hydroxylation is 1. The number of halogens is 1. The Bertz CT molecular complexity index is 322. The molecule has 0 radical (unpaired) electrons. The van der Waals surface area contributed by atoms with Crippen molar-refractivity contribution >= 4 is 21.7 Å². The van der Waals surface area contributed by atoms with Gasteiger partial charge in [-0.15, -0.1) is 0 Å². The van der Waals surface area contributed by atoms with E-state index in [2.05, 4.69) is 20.9 Å². The van der Waals surface area contributed by atoms with Crippen LogP contribution in [0.1, 0.15) is 22.5 Å². The number of ketones is 1. The Morgan fingerprint density at radius 3 is 3.09 bits per heavy atom. The van der Waals surface area contributed by atoms with E-state index in [-0.39, 0.29) is 5.78 Å². The van der Waals surface area contributed by atoms with Crippen molar-refractivity contribution in [3.05, 3.63) is 28.0 Å². The number of pyridine rings is 1. The third-order valence-corrected chi connectivity index (χ3v) is 2.25. The van der Waals surface area contributed by atoms with E-state index < -0.39 is 0 Å². The van der Waals surface area contributed by atoms with Gasteiger partial charge in [-0.2, -0.15) is 0 Å². The Morgan fingerprint density at radius 1 is 1.45 bits per heavy atom. The fourth-order valence-corrected chi connectivity index (χ4v) is 1.67. The monoisotopic (exact) mass is 211 g/mol. The lowest BCUT2D eigenvalue weighted by atomic mass is 10.2. The molecule has 1 aliphatic rings. The molecule has 0 saturated carbocycles. The van der Waals surface area contributed by atoms with Crippen LogP contribution in [-0.4, -0.2) is 10.8 Å². The summed E-state index contributed by atoms with van der Waals surface area (Å²) in [6, 6.07) is 1.97. The van der Waals surface area contributed by atoms with E-state index in [1.165, 1.54) is 0 Å². The highest BCUT2D eigenvalue weighted by Crippen LogP contribution is 2.22. The molecule has 0 saturated heterocycles. The van der Waals surface area contributed by atoms with E-state index in [0.717, 1.165) is 16.5 Å². The van der Waals surface area contributed by atoms with Crippen LogP contribution in [0.5, 0.6) is 0 Å². The molecule has 1 aromatic rings. The van der Waals surface area contributed by atoms with Crippen molar-refractivity contribution < 1.29 is 4.79 Å². The summed E-state index contributed by atoms with van der Waals surface area (Å²) in [7, 11) is 0. The molecule has 1 aliphatic carbocycles. The van der Waals surface area contributed by atoms with Crippen molar-refractivity contribution in [3.63, 3.8) is 0 Å². The first-order chi connectivity index (χ1) is 5.27. The topological polar surface area (TPSA) is 30.0 Å². The summed E-state index contributed by atoms with van der Waals surface area (Å²) < 4.78 is 0.950. The predicted molar refractivity (Wildman–Crippen MR) is 44.6 cm³/mol. The smallest absolute Gasteiger partial charge is 0.181 e. The van der Waals surface area contributed by atoms with Crippen LogP contribution in [0.3, 0.4) is 0 Å². The average Bonchev–Trinajstić information content (AvgIpc) is 2.32. The van der Waals surface area contributed by atoms with Crippen LogP contribution in [0, 0.1) is 0 Å². The average molecular weight is 212 g/mol. The molecule has 1 aromatic heterocycles. The molecular formula is C8H6BrNO. The molecule has 0 fully saturated rings. The maximum absolute atomic E-state index is 11.1. The van der Waals surface area contributed by atoms with Crippen molar-refractivity contribution in [1.29, 1.82) is 0 Å². The van der Waals surface area contributed by atoms with E-state index in [1.807, 2.05) is 6.07 Å². The lowest BCUT2D eigenvalue weighted by Gasteiger charge is -1.94. The van der Waals surface area contributed by atoms with Gasteiger partial charge < -0.3 is 0 Å². The molecule has 2 rings (SSSR count). The number of rotatable bonds is 0. The van der Waals surface area contributed by atoms with Crippen molar-refractivity contribution in [3.8, 4) is 0 Å². The molecule has 2 nitrogen and oxygen atoms in total. The first-order valence-electron chi connectivity index (χ1n) is 3.45. The maximum Gasteiger partial charge on any atom is 0.181 e. The van der Waals surface area contributed by atoms with E-state index in [1.54, 1.807) is 6.20 Å². The fourth-order valence-electron chi connectivity index (χ4n) is 1.29. The molecule has 0 amide bonds. The Morgan fingerprint density at radius 2 is 2.27 bits per heavy atom. The number of carbonyl (C=O) groups excluding carboxylic acids is 1. The van der Waals surface area contributed by atoms with Crippen LogP contribution in [0.2, 0.25) is 0 Å². The summed E-state index contributed by atoms with van der Waals surface area (Å²) in [5.74, 6) is 0.174. The summed E-state index contributed by atoms with van der Waals surface area (Å²) in [6.45, 7) is 0. The maximum atomic E-state index is 11.1. The Hall–Kier alpha value is -0.700. The van der Waals surface area contributed by atoms with E-state index in [9.17, 15) is 4.79 Å². The van der Waals surface area contributed by atoms with Gasteiger partial charge in [0.05, 0.1) is 0 Å². The zero-order valence-electron chi connectivity index (χ0n) is 5.80. The van der Waals surface area contributed by atoms with Crippen LogP contribution in [0.4, 0.5) is 0 Å². The number of hydrogen-bond acceptors (Lipinski definition) is 2. The molecular weight excluding hydrogens is 206 g/mol. The summed E-state index contributed by atoms with van der Waals surface area (Å²) in [5.41, 5.74) is 1.73. The molecule has 0 bridgehead atoms. The molecule has 11 heavy (non-hydrogen) atoms. The normalized spacial score (nSPS) is 15.2. The second kappa shape index (κ2) is 2.41. The number of hydrogen-bond donors (Lipinski definition) is 0. The largest absolute Gasteiger partial charge is 0.292 e. The second-order valence-corrected chi connectivity index (χ2v) is 3.50. The van der Waals surface area contributed by atoms with E-state index in [4.69, 9.17) is 0 Å². The van der Waals surface area contributed by atoms with Gasteiger partial charge >= 0.3 is 0 Å². The van der Waals surface area contributed by atoms with Crippen molar-refractivity contribution in [2.45, 2.75) is 12.8 Å². The molecule has 0 unspecified atom stereocenters. The van der Waals surface area contributed by atoms with Crippen LogP contribution in [0.15, 0.2) is 16.7 Å². The van der Waals surface area contributed by atoms with Crippen LogP contribution >= 0.6 is 15.9 Å². The van der Waals surface area contributed by atoms with Gasteiger partial charge in [-0.05, 0) is 34.0 Å². The first-order valence-corrected chi connectivity index (χ1v) is 4.24. The van der Waals surface area contributed by atoms with Gasteiger partial charge in [-0.25, -0.2) is 0 Å². The van der Waals surface area contributed by atoms with Gasteiger partial charge in [-0.3, -0.25) is 9.78 Å². The van der Waals surface area contributed by atoms with Crippen LogP contribution in [0.25, 0.3) is 0 Å². The summed E-state index contributed by atoms with van der Waals surface area (Å²) in [6.07, 6.45) is 3.14. The molecule has 3 heteroatoms. The molecule has 0 aliphatic heterocycles. The van der Waals surface area contributed by atoms with Gasteiger partial charge in [0.2, 0.25) is 0 Å². The van der Waals surface area contributed by atoms with Gasteiger partial charge in [0.25, 0.3) is 0 Å². The number of Topliss-reactive ketones (excluding diaryl/α,β-unsaturated/α-hetero) is 1. The first kappa shape index (κ1) is 6.98. The molecule has 0 atom stereocenters. The zero-order chi connectivity index (χ0) is 7.84. The predicted octanol–water partition coefficient (Wildman–Crippen LogP) is 1.97. The summed E-state index contributed by atoms with van der Waals surface area (Å²) >= 11 is 3.31. The van der Waals surface area contributed by atoms with Crippen molar-refractivity contribution in [2.75, 3.05) is 0 Å². The number of fused-ring (bicyclic) bond motifs is 1. The fraction of sp³-hybridized carbons (Fsp3) is 0.250. The zero-order valence-corrected chi connectivity index (χ0v) is 7.39. The van der Waals surface area contributed by atoms with Crippen molar-refractivity contribution in [1.82, 2.24) is 4.98 Å². The highest BCUT2D eigenvalue weighted by Gasteiger charge is 2.20. The molecule has 0 spiro atoms. The van der Waals surface area contributed by atoms with Gasteiger partial charge in [0.15, 0.2) is 5.78 Å². The lowest BCUT2D eigenvalue weighted by molar-refractivity contribution is 0.0990. The Labute approximate surface area is 72.8 Å². The molecule has 0 aromatic carbocycles. The van der Waals surface area contributed by atoms with Gasteiger partial charge in [0.1, 0.15) is 5.69 Å². The quantitative estimate of drug-likeness (QED) is 0.658. The third-order valence-electron chi connectivity index (χ3n) is 1.82. The second-order valence-electron chi connectivity index (χ2n) is 2.58. The third kappa shape index (κ3) is 1.09. The van der Waals surface area contributed by atoms with Gasteiger partial charge in [-0.1, -0.05) is 0 Å². The van der Waals surface area contributed by atoms with E-state index >= 15 is 0 Å². The number of carbonyl (C=O) groups is 1. The minimum absolute atomic E-state index is 0.174. The number of aromatic nitrogens is 1. The minimum Gasteiger partial charge on any atom is -0.292 e.